The number of ether oxygens (including phenoxy) is 1. The van der Waals surface area contributed by atoms with Crippen LogP contribution in [0.2, 0.25) is 0 Å². The van der Waals surface area contributed by atoms with E-state index in [1.54, 1.807) is 17.4 Å². The average molecular weight is 371 g/mol. The van der Waals surface area contributed by atoms with Gasteiger partial charge in [0.1, 0.15) is 5.75 Å². The van der Waals surface area contributed by atoms with Crippen LogP contribution in [0, 0.1) is 0 Å². The van der Waals surface area contributed by atoms with Crippen LogP contribution in [0.4, 0.5) is 0 Å². The lowest BCUT2D eigenvalue weighted by Gasteiger charge is -2.24. The first-order valence-electron chi connectivity index (χ1n) is 8.75. The molecule has 3 heterocycles. The normalized spacial score (nSPS) is 17.2. The summed E-state index contributed by atoms with van der Waals surface area (Å²) in [4.78, 5) is 3.16. The Balaban J connectivity index is 1.49. The van der Waals surface area contributed by atoms with E-state index in [0.29, 0.717) is 30.6 Å². The number of hydrogen-bond donors (Lipinski definition) is 1. The molecule has 0 saturated carbocycles. The minimum atomic E-state index is 0.209. The number of thiophene rings is 1. The Kier molecular flexibility index (Phi) is 5.29. The van der Waals surface area contributed by atoms with Crippen molar-refractivity contribution in [2.75, 3.05) is 13.2 Å². The molecular formula is C19H21N3O3S. The van der Waals surface area contributed by atoms with Gasteiger partial charge in [-0.1, -0.05) is 24.3 Å². The molecule has 4 rings (SSSR count). The van der Waals surface area contributed by atoms with Gasteiger partial charge in [0.05, 0.1) is 17.5 Å². The predicted octanol–water partition coefficient (Wildman–Crippen LogP) is 3.68. The lowest BCUT2D eigenvalue weighted by atomic mass is 10.1. The summed E-state index contributed by atoms with van der Waals surface area (Å²) in [5.74, 6) is 1.42. The number of phenolic OH excluding ortho intramolecular Hbond substituents is 1. The van der Waals surface area contributed by atoms with Crippen LogP contribution in [-0.4, -0.2) is 39.5 Å². The third kappa shape index (κ3) is 4.12. The van der Waals surface area contributed by atoms with Gasteiger partial charge in [-0.3, -0.25) is 4.90 Å². The average Bonchev–Trinajstić information content (AvgIpc) is 3.39. The van der Waals surface area contributed by atoms with Crippen LogP contribution in [0.25, 0.3) is 10.8 Å². The quantitative estimate of drug-likeness (QED) is 0.683. The van der Waals surface area contributed by atoms with E-state index in [4.69, 9.17) is 9.15 Å². The van der Waals surface area contributed by atoms with Gasteiger partial charge in [0.25, 0.3) is 5.89 Å². The first-order valence-corrected chi connectivity index (χ1v) is 9.63. The predicted molar refractivity (Wildman–Crippen MR) is 98.8 cm³/mol. The molecule has 1 N–H and O–H groups in total. The monoisotopic (exact) mass is 371 g/mol. The zero-order valence-corrected chi connectivity index (χ0v) is 15.2. The van der Waals surface area contributed by atoms with Crippen molar-refractivity contribution in [1.29, 1.82) is 0 Å². The topological polar surface area (TPSA) is 71.6 Å². The molecule has 0 amide bonds. The molecule has 6 nitrogen and oxygen atoms in total. The maximum atomic E-state index is 10.1. The molecule has 7 heteroatoms. The number of aromatic nitrogens is 2. The molecule has 0 radical (unpaired) electrons. The number of hydrogen-bond acceptors (Lipinski definition) is 7. The number of aromatic hydroxyl groups is 1. The van der Waals surface area contributed by atoms with E-state index >= 15 is 0 Å². The van der Waals surface area contributed by atoms with E-state index in [-0.39, 0.29) is 6.10 Å². The maximum Gasteiger partial charge on any atom is 0.257 e. The highest BCUT2D eigenvalue weighted by Gasteiger charge is 2.22. The second kappa shape index (κ2) is 7.99. The fourth-order valence-corrected chi connectivity index (χ4v) is 3.80. The zero-order chi connectivity index (χ0) is 17.8. The molecule has 1 unspecified atom stereocenters. The largest absolute Gasteiger partial charge is 0.508 e. The van der Waals surface area contributed by atoms with Crippen LogP contribution < -0.4 is 0 Å². The molecule has 1 aliphatic heterocycles. The molecule has 0 bridgehead atoms. The lowest BCUT2D eigenvalue weighted by Crippen LogP contribution is -2.31. The van der Waals surface area contributed by atoms with Gasteiger partial charge in [0.2, 0.25) is 5.89 Å². The summed E-state index contributed by atoms with van der Waals surface area (Å²) in [7, 11) is 0. The highest BCUT2D eigenvalue weighted by molar-refractivity contribution is 7.13. The van der Waals surface area contributed by atoms with E-state index < -0.39 is 0 Å². The minimum Gasteiger partial charge on any atom is -0.508 e. The highest BCUT2D eigenvalue weighted by Crippen LogP contribution is 2.25. The summed E-state index contributed by atoms with van der Waals surface area (Å²) in [6.45, 7) is 2.71. The van der Waals surface area contributed by atoms with Crippen molar-refractivity contribution in [2.45, 2.75) is 32.0 Å². The second-order valence-electron chi connectivity index (χ2n) is 6.41. The molecule has 1 aromatic carbocycles. The standard InChI is InChI=1S/C19H21N3O3S/c23-16-7-2-1-5-14(16)11-22(12-15-6-3-9-24-15)13-18-20-21-19(25-18)17-8-4-10-26-17/h1-2,4-5,7-8,10,15,23H,3,6,9,11-13H2. The van der Waals surface area contributed by atoms with Gasteiger partial charge in [0.15, 0.2) is 0 Å². The van der Waals surface area contributed by atoms with Crippen molar-refractivity contribution in [3.05, 3.63) is 53.2 Å². The molecule has 0 aliphatic carbocycles. The van der Waals surface area contributed by atoms with Crippen molar-refractivity contribution in [3.63, 3.8) is 0 Å². The number of benzene rings is 1. The first kappa shape index (κ1) is 17.2. The maximum absolute atomic E-state index is 10.1. The number of nitrogens with zero attached hydrogens (tertiary/aromatic N) is 3. The van der Waals surface area contributed by atoms with Crippen LogP contribution in [0.5, 0.6) is 5.75 Å². The third-order valence-corrected chi connectivity index (χ3v) is 5.29. The lowest BCUT2D eigenvalue weighted by molar-refractivity contribution is 0.0646. The summed E-state index contributed by atoms with van der Waals surface area (Å²) in [5.41, 5.74) is 0.878. The number of para-hydroxylation sites is 1. The summed E-state index contributed by atoms with van der Waals surface area (Å²) in [6, 6.07) is 11.3. The van der Waals surface area contributed by atoms with Crippen molar-refractivity contribution in [2.24, 2.45) is 0 Å². The van der Waals surface area contributed by atoms with E-state index in [0.717, 1.165) is 36.4 Å². The van der Waals surface area contributed by atoms with Gasteiger partial charge in [-0.05, 0) is 30.4 Å². The van der Waals surface area contributed by atoms with Gasteiger partial charge in [-0.2, -0.15) is 0 Å². The summed E-state index contributed by atoms with van der Waals surface area (Å²) in [5, 5.41) is 20.4. The first-order chi connectivity index (χ1) is 12.8. The van der Waals surface area contributed by atoms with Gasteiger partial charge >= 0.3 is 0 Å². The Hall–Kier alpha value is -2.22. The summed E-state index contributed by atoms with van der Waals surface area (Å²) in [6.07, 6.45) is 2.36. The number of rotatable bonds is 7. The molecule has 1 atom stereocenters. The van der Waals surface area contributed by atoms with E-state index in [9.17, 15) is 5.11 Å². The molecule has 2 aromatic heterocycles. The highest BCUT2D eigenvalue weighted by atomic mass is 32.1. The van der Waals surface area contributed by atoms with Gasteiger partial charge in [-0.15, -0.1) is 21.5 Å². The van der Waals surface area contributed by atoms with Crippen molar-refractivity contribution in [1.82, 2.24) is 15.1 Å². The van der Waals surface area contributed by atoms with Crippen LogP contribution in [0.1, 0.15) is 24.3 Å². The number of phenols is 1. The van der Waals surface area contributed by atoms with E-state index in [1.165, 1.54) is 0 Å². The summed E-state index contributed by atoms with van der Waals surface area (Å²) < 4.78 is 11.6. The molecule has 1 saturated heterocycles. The minimum absolute atomic E-state index is 0.209. The summed E-state index contributed by atoms with van der Waals surface area (Å²) >= 11 is 1.58. The van der Waals surface area contributed by atoms with Crippen LogP contribution in [-0.2, 0) is 17.8 Å². The van der Waals surface area contributed by atoms with Gasteiger partial charge < -0.3 is 14.3 Å². The Morgan fingerprint density at radius 2 is 2.08 bits per heavy atom. The smallest absolute Gasteiger partial charge is 0.257 e. The Bertz CT molecular complexity index is 828. The fraction of sp³-hybridized carbons (Fsp3) is 0.368. The van der Waals surface area contributed by atoms with Crippen LogP contribution in [0.3, 0.4) is 0 Å². The molecule has 3 aromatic rings. The Morgan fingerprint density at radius 1 is 1.15 bits per heavy atom. The Labute approximate surface area is 156 Å². The fourth-order valence-electron chi connectivity index (χ4n) is 3.16. The molecule has 1 fully saturated rings. The second-order valence-corrected chi connectivity index (χ2v) is 7.36. The van der Waals surface area contributed by atoms with E-state index in [1.807, 2.05) is 35.7 Å². The van der Waals surface area contributed by atoms with Gasteiger partial charge in [-0.25, -0.2) is 0 Å². The SMILES string of the molecule is Oc1ccccc1CN(Cc1nnc(-c2cccs2)o1)CC1CCCO1. The van der Waals surface area contributed by atoms with Crippen molar-refractivity contribution in [3.8, 4) is 16.5 Å². The van der Waals surface area contributed by atoms with Gasteiger partial charge in [0, 0.05) is 25.3 Å². The zero-order valence-electron chi connectivity index (χ0n) is 14.4. The molecule has 26 heavy (non-hydrogen) atoms. The molecular weight excluding hydrogens is 350 g/mol. The van der Waals surface area contributed by atoms with Crippen molar-refractivity contribution >= 4 is 11.3 Å². The van der Waals surface area contributed by atoms with Crippen LogP contribution >= 0.6 is 11.3 Å². The molecule has 136 valence electrons. The van der Waals surface area contributed by atoms with Crippen LogP contribution in [0.15, 0.2) is 46.2 Å². The Morgan fingerprint density at radius 3 is 2.85 bits per heavy atom. The molecule has 0 spiro atoms. The van der Waals surface area contributed by atoms with E-state index in [2.05, 4.69) is 15.1 Å². The third-order valence-electron chi connectivity index (χ3n) is 4.43. The van der Waals surface area contributed by atoms with Crippen molar-refractivity contribution < 1.29 is 14.3 Å². The molecule has 1 aliphatic rings.